The number of benzene rings is 1. The van der Waals surface area contributed by atoms with Crippen molar-refractivity contribution in [2.75, 3.05) is 13.7 Å². The minimum Gasteiger partial charge on any atom is -0.508 e. The van der Waals surface area contributed by atoms with E-state index in [1.165, 1.54) is 11.1 Å². The number of nitrogens with zero attached hydrogens (tertiary/aromatic N) is 3. The van der Waals surface area contributed by atoms with Gasteiger partial charge in [0, 0.05) is 23.8 Å². The molecule has 0 spiro atoms. The zero-order valence-corrected chi connectivity index (χ0v) is 14.5. The number of hydrogen-bond donors (Lipinski definition) is 2. The van der Waals surface area contributed by atoms with Crippen LogP contribution in [0.3, 0.4) is 0 Å². The van der Waals surface area contributed by atoms with Crippen LogP contribution in [-0.4, -0.2) is 44.6 Å². The van der Waals surface area contributed by atoms with Gasteiger partial charge in [-0.1, -0.05) is 12.1 Å². The first-order valence-electron chi connectivity index (χ1n) is 8.04. The first-order chi connectivity index (χ1) is 10.9. The fourth-order valence-electron chi connectivity index (χ4n) is 2.81. The van der Waals surface area contributed by atoms with Crippen molar-refractivity contribution < 1.29 is 10.2 Å². The molecule has 0 aliphatic rings. The van der Waals surface area contributed by atoms with Crippen LogP contribution in [0.4, 0.5) is 0 Å². The second-order valence-electron chi connectivity index (χ2n) is 6.23. The smallest absolute Gasteiger partial charge is 0.115 e. The molecule has 0 aliphatic heterocycles. The van der Waals surface area contributed by atoms with E-state index in [1.54, 1.807) is 12.1 Å². The lowest BCUT2D eigenvalue weighted by Crippen LogP contribution is -2.30. The number of aromatic nitrogens is 2. The molecule has 1 unspecified atom stereocenters. The molecule has 1 aromatic carbocycles. The predicted molar refractivity (Wildman–Crippen MR) is 91.5 cm³/mol. The van der Waals surface area contributed by atoms with E-state index in [4.69, 9.17) is 5.11 Å². The molecule has 23 heavy (non-hydrogen) atoms. The molecular weight excluding hydrogens is 290 g/mol. The van der Waals surface area contributed by atoms with Gasteiger partial charge in [0.05, 0.1) is 18.8 Å². The van der Waals surface area contributed by atoms with Gasteiger partial charge >= 0.3 is 0 Å². The van der Waals surface area contributed by atoms with E-state index >= 15 is 0 Å². The second-order valence-corrected chi connectivity index (χ2v) is 6.23. The minimum atomic E-state index is 0.106. The number of likely N-dealkylation sites (N-methyl/N-ethyl adjacent to an activating group) is 1. The van der Waals surface area contributed by atoms with Crippen molar-refractivity contribution in [1.82, 2.24) is 14.7 Å². The zero-order chi connectivity index (χ0) is 17.0. The number of hydrogen-bond acceptors (Lipinski definition) is 4. The van der Waals surface area contributed by atoms with E-state index in [2.05, 4.69) is 30.9 Å². The van der Waals surface area contributed by atoms with E-state index in [1.807, 2.05) is 23.7 Å². The lowest BCUT2D eigenvalue weighted by atomic mass is 10.1. The molecule has 0 radical (unpaired) electrons. The number of aryl methyl sites for hydroxylation is 1. The maximum absolute atomic E-state index is 9.36. The number of aliphatic hydroxyl groups is 1. The van der Waals surface area contributed by atoms with Crippen molar-refractivity contribution in [1.29, 1.82) is 0 Å². The zero-order valence-electron chi connectivity index (χ0n) is 14.5. The highest BCUT2D eigenvalue weighted by atomic mass is 16.3. The molecule has 0 saturated carbocycles. The summed E-state index contributed by atoms with van der Waals surface area (Å²) in [5.41, 5.74) is 4.60. The number of phenolic OH excluding ortho intramolecular Hbond substituents is 1. The normalized spacial score (nSPS) is 12.8. The fraction of sp³-hybridized carbons (Fsp3) is 0.500. The number of phenols is 1. The molecule has 2 N–H and O–H groups in total. The Morgan fingerprint density at radius 2 is 1.87 bits per heavy atom. The Bertz CT molecular complexity index is 634. The van der Waals surface area contributed by atoms with Crippen molar-refractivity contribution >= 4 is 0 Å². The summed E-state index contributed by atoms with van der Waals surface area (Å²) in [4.78, 5) is 2.31. The van der Waals surface area contributed by atoms with Gasteiger partial charge < -0.3 is 10.2 Å². The van der Waals surface area contributed by atoms with Gasteiger partial charge in [0.2, 0.25) is 0 Å². The second kappa shape index (κ2) is 7.62. The molecular formula is C18H27N3O2. The molecule has 1 aromatic heterocycles. The Morgan fingerprint density at radius 3 is 2.48 bits per heavy atom. The summed E-state index contributed by atoms with van der Waals surface area (Å²) < 4.78 is 1.88. The van der Waals surface area contributed by atoms with Crippen molar-refractivity contribution in [2.45, 2.75) is 46.3 Å². The van der Waals surface area contributed by atoms with Crippen LogP contribution in [0.15, 0.2) is 24.3 Å². The predicted octanol–water partition coefficient (Wildman–Crippen LogP) is 2.26. The van der Waals surface area contributed by atoms with E-state index in [-0.39, 0.29) is 6.61 Å². The average molecular weight is 317 g/mol. The summed E-state index contributed by atoms with van der Waals surface area (Å²) in [6.07, 6.45) is 0.930. The van der Waals surface area contributed by atoms with Crippen LogP contribution in [0.1, 0.15) is 29.4 Å². The molecule has 0 amide bonds. The van der Waals surface area contributed by atoms with Gasteiger partial charge in [-0.15, -0.1) is 0 Å². The summed E-state index contributed by atoms with van der Waals surface area (Å²) >= 11 is 0. The van der Waals surface area contributed by atoms with Crippen molar-refractivity contribution in [3.63, 3.8) is 0 Å². The molecule has 0 bridgehead atoms. The van der Waals surface area contributed by atoms with Gasteiger partial charge in [0.25, 0.3) is 0 Å². The monoisotopic (exact) mass is 317 g/mol. The highest BCUT2D eigenvalue weighted by Gasteiger charge is 2.16. The molecule has 1 atom stereocenters. The third kappa shape index (κ3) is 4.33. The lowest BCUT2D eigenvalue weighted by molar-refractivity contribution is 0.246. The highest BCUT2D eigenvalue weighted by molar-refractivity contribution is 5.27. The SMILES string of the molecule is Cc1nn(CCO)c(C)c1CN(C)C(C)Cc1ccc(O)cc1. The number of aliphatic hydroxyl groups excluding tert-OH is 1. The van der Waals surface area contributed by atoms with Gasteiger partial charge in [-0.2, -0.15) is 5.10 Å². The molecule has 0 fully saturated rings. The van der Waals surface area contributed by atoms with Crippen LogP contribution in [0, 0.1) is 13.8 Å². The van der Waals surface area contributed by atoms with Gasteiger partial charge in [-0.25, -0.2) is 0 Å². The largest absolute Gasteiger partial charge is 0.508 e. The van der Waals surface area contributed by atoms with E-state index < -0.39 is 0 Å². The Hall–Kier alpha value is -1.85. The summed E-state index contributed by atoms with van der Waals surface area (Å²) in [6, 6.07) is 7.77. The number of aromatic hydroxyl groups is 1. The van der Waals surface area contributed by atoms with Crippen LogP contribution < -0.4 is 0 Å². The Kier molecular flexibility index (Phi) is 5.80. The summed E-state index contributed by atoms with van der Waals surface area (Å²) in [7, 11) is 2.12. The minimum absolute atomic E-state index is 0.106. The molecule has 2 rings (SSSR count). The summed E-state index contributed by atoms with van der Waals surface area (Å²) in [5, 5.41) is 23.0. The molecule has 0 aliphatic carbocycles. The molecule has 5 heteroatoms. The molecule has 126 valence electrons. The topological polar surface area (TPSA) is 61.5 Å². The standard InChI is InChI=1S/C18H27N3O2/c1-13(11-16-5-7-17(23)8-6-16)20(4)12-18-14(2)19-21(9-10-22)15(18)3/h5-8,13,22-23H,9-12H2,1-4H3. The van der Waals surface area contributed by atoms with Crippen molar-refractivity contribution in [2.24, 2.45) is 0 Å². The maximum atomic E-state index is 9.36. The molecule has 0 saturated heterocycles. The van der Waals surface area contributed by atoms with Crippen LogP contribution in [0.2, 0.25) is 0 Å². The summed E-state index contributed by atoms with van der Waals surface area (Å²) in [5.74, 6) is 0.303. The highest BCUT2D eigenvalue weighted by Crippen LogP contribution is 2.18. The summed E-state index contributed by atoms with van der Waals surface area (Å²) in [6.45, 7) is 7.77. The third-order valence-corrected chi connectivity index (χ3v) is 4.47. The first kappa shape index (κ1) is 17.5. The molecule has 2 aromatic rings. The first-order valence-corrected chi connectivity index (χ1v) is 8.04. The van der Waals surface area contributed by atoms with Crippen LogP contribution >= 0.6 is 0 Å². The van der Waals surface area contributed by atoms with Gasteiger partial charge in [0.1, 0.15) is 5.75 Å². The Balaban J connectivity index is 2.03. The quantitative estimate of drug-likeness (QED) is 0.822. The average Bonchev–Trinajstić information content (AvgIpc) is 2.77. The van der Waals surface area contributed by atoms with Crippen molar-refractivity contribution in [3.8, 4) is 5.75 Å². The molecule has 5 nitrogen and oxygen atoms in total. The third-order valence-electron chi connectivity index (χ3n) is 4.47. The maximum Gasteiger partial charge on any atom is 0.115 e. The van der Waals surface area contributed by atoms with Crippen LogP contribution in [0.25, 0.3) is 0 Å². The van der Waals surface area contributed by atoms with Crippen molar-refractivity contribution in [3.05, 3.63) is 46.8 Å². The fourth-order valence-corrected chi connectivity index (χ4v) is 2.81. The van der Waals surface area contributed by atoms with Gasteiger partial charge in [-0.05, 0) is 51.9 Å². The Labute approximate surface area is 138 Å². The van der Waals surface area contributed by atoms with Crippen LogP contribution in [0.5, 0.6) is 5.75 Å². The van der Waals surface area contributed by atoms with E-state index in [9.17, 15) is 5.11 Å². The number of rotatable bonds is 7. The lowest BCUT2D eigenvalue weighted by Gasteiger charge is -2.25. The molecule has 1 heterocycles. The Morgan fingerprint density at radius 1 is 1.22 bits per heavy atom. The van der Waals surface area contributed by atoms with E-state index in [0.29, 0.717) is 18.3 Å². The van der Waals surface area contributed by atoms with Gasteiger partial charge in [0.15, 0.2) is 0 Å². The van der Waals surface area contributed by atoms with E-state index in [0.717, 1.165) is 24.4 Å². The van der Waals surface area contributed by atoms with Gasteiger partial charge in [-0.3, -0.25) is 9.58 Å². The van der Waals surface area contributed by atoms with Crippen LogP contribution in [-0.2, 0) is 19.5 Å².